The van der Waals surface area contributed by atoms with E-state index < -0.39 is 0 Å². The Morgan fingerprint density at radius 1 is 1.33 bits per heavy atom. The third kappa shape index (κ3) is 3.83. The van der Waals surface area contributed by atoms with Gasteiger partial charge in [0, 0.05) is 31.5 Å². The maximum Gasteiger partial charge on any atom is 0.341 e. The Balaban J connectivity index is 0.00000210. The van der Waals surface area contributed by atoms with Crippen LogP contribution in [0.2, 0.25) is 0 Å². The molecule has 1 N–H and O–H groups in total. The number of methoxy groups -OCH3 is 1. The van der Waals surface area contributed by atoms with Crippen molar-refractivity contribution in [3.63, 3.8) is 0 Å². The third-order valence-electron chi connectivity index (χ3n) is 5.85. The topological polar surface area (TPSA) is 76.3 Å². The van der Waals surface area contributed by atoms with Crippen molar-refractivity contribution in [2.75, 3.05) is 26.7 Å². The van der Waals surface area contributed by atoms with E-state index >= 15 is 0 Å². The Bertz CT molecular complexity index is 702. The summed E-state index contributed by atoms with van der Waals surface area (Å²) in [6.07, 6.45) is 3.28. The SMILES string of the molecule is CCNC(=NCc1cc(C(=O)OC)c(C)o1)N1CC2C3CCC(O3)C2C1.I. The number of halogens is 1. The number of aryl methyl sites for hydroxylation is 1. The van der Waals surface area contributed by atoms with E-state index in [1.807, 2.05) is 0 Å². The molecule has 0 radical (unpaired) electrons. The number of carbonyl (C=O) groups excluding carboxylic acids is 1. The first kappa shape index (κ1) is 20.4. The van der Waals surface area contributed by atoms with Crippen LogP contribution in [0, 0.1) is 18.8 Å². The van der Waals surface area contributed by atoms with Crippen molar-refractivity contribution < 1.29 is 18.7 Å². The lowest BCUT2D eigenvalue weighted by Gasteiger charge is -2.23. The quantitative estimate of drug-likeness (QED) is 0.303. The highest BCUT2D eigenvalue weighted by molar-refractivity contribution is 14.0. The summed E-state index contributed by atoms with van der Waals surface area (Å²) in [5.74, 6) is 3.03. The number of nitrogens with one attached hydrogen (secondary N) is 1. The summed E-state index contributed by atoms with van der Waals surface area (Å²) in [5, 5.41) is 3.39. The number of aliphatic imine (C=N–C) groups is 1. The van der Waals surface area contributed by atoms with E-state index in [1.54, 1.807) is 13.0 Å². The van der Waals surface area contributed by atoms with Gasteiger partial charge in [-0.1, -0.05) is 0 Å². The minimum atomic E-state index is -0.378. The van der Waals surface area contributed by atoms with Crippen LogP contribution in [0.5, 0.6) is 0 Å². The van der Waals surface area contributed by atoms with Crippen molar-refractivity contribution >= 4 is 35.9 Å². The summed E-state index contributed by atoms with van der Waals surface area (Å²) in [4.78, 5) is 18.8. The highest BCUT2D eigenvalue weighted by Gasteiger charge is 2.53. The lowest BCUT2D eigenvalue weighted by molar-refractivity contribution is 0.0598. The Labute approximate surface area is 176 Å². The molecule has 0 aromatic carbocycles. The van der Waals surface area contributed by atoms with Gasteiger partial charge >= 0.3 is 5.97 Å². The zero-order valence-electron chi connectivity index (χ0n) is 16.1. The van der Waals surface area contributed by atoms with Crippen molar-refractivity contribution in [1.29, 1.82) is 0 Å². The fraction of sp³-hybridized carbons (Fsp3) is 0.684. The highest BCUT2D eigenvalue weighted by atomic mass is 127. The van der Waals surface area contributed by atoms with Crippen molar-refractivity contribution in [3.8, 4) is 0 Å². The van der Waals surface area contributed by atoms with Crippen LogP contribution < -0.4 is 5.32 Å². The lowest BCUT2D eigenvalue weighted by atomic mass is 9.82. The highest BCUT2D eigenvalue weighted by Crippen LogP contribution is 2.47. The number of furan rings is 1. The van der Waals surface area contributed by atoms with Crippen molar-refractivity contribution in [2.24, 2.45) is 16.8 Å². The summed E-state index contributed by atoms with van der Waals surface area (Å²) in [6.45, 7) is 7.06. The predicted octanol–water partition coefficient (Wildman–Crippen LogP) is 2.57. The second-order valence-corrected chi connectivity index (χ2v) is 7.37. The molecule has 7 nitrogen and oxygen atoms in total. The van der Waals surface area contributed by atoms with E-state index in [4.69, 9.17) is 18.9 Å². The zero-order chi connectivity index (χ0) is 18.3. The normalized spacial score (nSPS) is 28.9. The first-order valence-corrected chi connectivity index (χ1v) is 9.47. The van der Waals surface area contributed by atoms with Crippen molar-refractivity contribution in [3.05, 3.63) is 23.2 Å². The van der Waals surface area contributed by atoms with Gasteiger partial charge in [0.15, 0.2) is 5.96 Å². The van der Waals surface area contributed by atoms with Crippen LogP contribution in [0.4, 0.5) is 0 Å². The van der Waals surface area contributed by atoms with Crippen LogP contribution in [-0.2, 0) is 16.0 Å². The minimum absolute atomic E-state index is 0. The number of fused-ring (bicyclic) bond motifs is 5. The molecular formula is C19H28IN3O4. The monoisotopic (exact) mass is 489 g/mol. The van der Waals surface area contributed by atoms with Crippen molar-refractivity contribution in [1.82, 2.24) is 10.2 Å². The van der Waals surface area contributed by atoms with Gasteiger partial charge in [0.1, 0.15) is 23.6 Å². The lowest BCUT2D eigenvalue weighted by Crippen LogP contribution is -2.41. The number of ether oxygens (including phenoxy) is 2. The molecule has 8 heteroatoms. The first-order valence-electron chi connectivity index (χ1n) is 9.47. The summed E-state index contributed by atoms with van der Waals surface area (Å²) in [7, 11) is 1.37. The van der Waals surface area contributed by atoms with Gasteiger partial charge < -0.3 is 24.1 Å². The van der Waals surface area contributed by atoms with Gasteiger partial charge in [0.2, 0.25) is 0 Å². The van der Waals surface area contributed by atoms with E-state index in [0.717, 1.165) is 25.6 Å². The van der Waals surface area contributed by atoms with E-state index in [9.17, 15) is 4.79 Å². The molecule has 4 rings (SSSR count). The molecule has 2 bridgehead atoms. The number of guanidine groups is 1. The maximum atomic E-state index is 11.7. The van der Waals surface area contributed by atoms with Crippen LogP contribution in [-0.4, -0.2) is 55.8 Å². The van der Waals surface area contributed by atoms with Gasteiger partial charge in [0.05, 0.1) is 19.3 Å². The Hall–Kier alpha value is -1.29. The average molecular weight is 489 g/mol. The van der Waals surface area contributed by atoms with E-state index in [0.29, 0.717) is 47.7 Å². The van der Waals surface area contributed by atoms with Crippen LogP contribution >= 0.6 is 24.0 Å². The summed E-state index contributed by atoms with van der Waals surface area (Å²) in [5.41, 5.74) is 0.465. The molecule has 27 heavy (non-hydrogen) atoms. The van der Waals surface area contributed by atoms with Crippen molar-refractivity contribution in [2.45, 2.75) is 45.4 Å². The molecule has 4 unspecified atom stereocenters. The number of carbonyl (C=O) groups is 1. The molecule has 4 heterocycles. The summed E-state index contributed by atoms with van der Waals surface area (Å²) >= 11 is 0. The number of likely N-dealkylation sites (tertiary alicyclic amines) is 1. The van der Waals surface area contributed by atoms with Gasteiger partial charge in [0.25, 0.3) is 0 Å². The molecule has 1 aromatic heterocycles. The number of nitrogens with zero attached hydrogens (tertiary/aromatic N) is 2. The molecule has 0 aliphatic carbocycles. The average Bonchev–Trinajstić information content (AvgIpc) is 3.38. The standard InChI is InChI=1S/C19H27N3O4.HI/c1-4-20-19(21-8-12-7-13(11(2)25-12)18(23)24-3)22-9-14-15(10-22)17-6-5-16(14)26-17;/h7,14-17H,4-6,8-10H2,1-3H3,(H,20,21);1H. The van der Waals surface area contributed by atoms with Gasteiger partial charge in [-0.3, -0.25) is 0 Å². The summed E-state index contributed by atoms with van der Waals surface area (Å²) < 4.78 is 16.5. The van der Waals surface area contributed by atoms with Gasteiger partial charge in [-0.2, -0.15) is 0 Å². The second kappa shape index (κ2) is 8.38. The van der Waals surface area contributed by atoms with Gasteiger partial charge in [-0.05, 0) is 32.8 Å². The molecule has 3 saturated heterocycles. The predicted molar refractivity (Wildman–Crippen MR) is 111 cm³/mol. The number of hydrogen-bond acceptors (Lipinski definition) is 5. The van der Waals surface area contributed by atoms with Gasteiger partial charge in [-0.25, -0.2) is 9.79 Å². The van der Waals surface area contributed by atoms with E-state index in [-0.39, 0.29) is 29.9 Å². The number of hydrogen-bond donors (Lipinski definition) is 1. The Morgan fingerprint density at radius 2 is 2.00 bits per heavy atom. The molecule has 0 saturated carbocycles. The molecule has 3 aliphatic heterocycles. The van der Waals surface area contributed by atoms with E-state index in [2.05, 4.69) is 17.1 Å². The van der Waals surface area contributed by atoms with E-state index in [1.165, 1.54) is 20.0 Å². The van der Waals surface area contributed by atoms with Crippen LogP contribution in [0.1, 0.15) is 41.6 Å². The Morgan fingerprint density at radius 3 is 2.59 bits per heavy atom. The number of rotatable bonds is 4. The first-order chi connectivity index (χ1) is 12.6. The third-order valence-corrected chi connectivity index (χ3v) is 5.85. The smallest absolute Gasteiger partial charge is 0.341 e. The molecule has 1 aromatic rings. The molecule has 0 amide bonds. The van der Waals surface area contributed by atoms with Crippen LogP contribution in [0.25, 0.3) is 0 Å². The largest absolute Gasteiger partial charge is 0.465 e. The fourth-order valence-corrected chi connectivity index (χ4v) is 4.65. The Kier molecular flexibility index (Phi) is 6.35. The minimum Gasteiger partial charge on any atom is -0.465 e. The van der Waals surface area contributed by atoms with Crippen LogP contribution in [0.15, 0.2) is 15.5 Å². The summed E-state index contributed by atoms with van der Waals surface area (Å²) in [6, 6.07) is 1.72. The second-order valence-electron chi connectivity index (χ2n) is 7.37. The molecular weight excluding hydrogens is 461 g/mol. The molecule has 3 fully saturated rings. The molecule has 150 valence electrons. The molecule has 3 aliphatic rings. The van der Waals surface area contributed by atoms with Gasteiger partial charge in [-0.15, -0.1) is 24.0 Å². The maximum absolute atomic E-state index is 11.7. The number of esters is 1. The molecule has 4 atom stereocenters. The fourth-order valence-electron chi connectivity index (χ4n) is 4.65. The van der Waals surface area contributed by atoms with Crippen LogP contribution in [0.3, 0.4) is 0 Å². The zero-order valence-corrected chi connectivity index (χ0v) is 18.4. The molecule has 0 spiro atoms.